The van der Waals surface area contributed by atoms with Crippen LogP contribution in [0.1, 0.15) is 26.3 Å². The average Bonchev–Trinajstić information content (AvgIpc) is 3.53. The molecule has 46 heavy (non-hydrogen) atoms. The largest absolute Gasteiger partial charge is 0.483 e. The van der Waals surface area contributed by atoms with Crippen LogP contribution in [-0.2, 0) is 25.6 Å². The van der Waals surface area contributed by atoms with Crippen LogP contribution in [-0.4, -0.2) is 98.6 Å². The van der Waals surface area contributed by atoms with Gasteiger partial charge in [0.05, 0.1) is 11.9 Å². The van der Waals surface area contributed by atoms with Crippen molar-refractivity contribution < 1.29 is 29.0 Å². The normalized spacial score (nSPS) is 16.7. The predicted octanol–water partition coefficient (Wildman–Crippen LogP) is 2.37. The second-order valence-corrected chi connectivity index (χ2v) is 13.9. The predicted molar refractivity (Wildman–Crippen MR) is 181 cm³/mol. The Kier molecular flexibility index (Phi) is 12.3. The number of benzene rings is 2. The molecule has 1 aliphatic heterocycles. The van der Waals surface area contributed by atoms with Gasteiger partial charge in [-0.25, -0.2) is 0 Å². The zero-order valence-electron chi connectivity index (χ0n) is 26.4. The fourth-order valence-corrected chi connectivity index (χ4v) is 6.74. The molecule has 246 valence electrons. The summed E-state index contributed by atoms with van der Waals surface area (Å²) in [6, 6.07) is 13.7. The number of thioether (sulfide) groups is 2. The highest BCUT2D eigenvalue weighted by molar-refractivity contribution is 7.99. The van der Waals surface area contributed by atoms with Gasteiger partial charge >= 0.3 is 0 Å². The number of aromatic nitrogens is 1. The maximum Gasteiger partial charge on any atom is 0.258 e. The van der Waals surface area contributed by atoms with E-state index in [0.717, 1.165) is 16.3 Å². The van der Waals surface area contributed by atoms with Gasteiger partial charge in [-0.05, 0) is 51.1 Å². The number of carbonyl (C=O) groups excluding carboxylic acids is 4. The van der Waals surface area contributed by atoms with Gasteiger partial charge in [0.15, 0.2) is 12.7 Å². The van der Waals surface area contributed by atoms with Gasteiger partial charge in [-0.1, -0.05) is 42.5 Å². The Morgan fingerprint density at radius 3 is 2.57 bits per heavy atom. The van der Waals surface area contributed by atoms with E-state index in [4.69, 9.17) is 4.74 Å². The van der Waals surface area contributed by atoms with E-state index in [1.807, 2.05) is 57.2 Å². The minimum atomic E-state index is -1.64. The Bertz CT molecular complexity index is 1510. The Morgan fingerprint density at radius 1 is 1.09 bits per heavy atom. The molecule has 3 aromatic rings. The Labute approximate surface area is 277 Å². The van der Waals surface area contributed by atoms with Crippen molar-refractivity contribution >= 4 is 57.9 Å². The van der Waals surface area contributed by atoms with E-state index in [-0.39, 0.29) is 30.6 Å². The molecule has 0 spiro atoms. The zero-order chi connectivity index (χ0) is 33.3. The number of carbonyl (C=O) groups is 4. The van der Waals surface area contributed by atoms with Crippen molar-refractivity contribution in [3.05, 3.63) is 72.6 Å². The Hall–Kier alpha value is -3.81. The first kappa shape index (κ1) is 35.1. The van der Waals surface area contributed by atoms with E-state index < -0.39 is 47.5 Å². The summed E-state index contributed by atoms with van der Waals surface area (Å²) in [7, 11) is 0. The highest BCUT2D eigenvalue weighted by atomic mass is 32.2. The molecule has 1 aromatic heterocycles. The van der Waals surface area contributed by atoms with Crippen LogP contribution in [0.3, 0.4) is 0 Å². The molecule has 0 saturated carbocycles. The lowest BCUT2D eigenvalue weighted by atomic mass is 9.99. The van der Waals surface area contributed by atoms with E-state index in [2.05, 4.69) is 20.9 Å². The minimum Gasteiger partial charge on any atom is -0.483 e. The van der Waals surface area contributed by atoms with Crippen molar-refractivity contribution in [2.24, 2.45) is 0 Å². The van der Waals surface area contributed by atoms with E-state index >= 15 is 0 Å². The van der Waals surface area contributed by atoms with Crippen molar-refractivity contribution in [3.8, 4) is 5.75 Å². The Morgan fingerprint density at radius 2 is 1.85 bits per heavy atom. The van der Waals surface area contributed by atoms with Crippen LogP contribution >= 0.6 is 23.5 Å². The molecule has 1 fully saturated rings. The molecule has 0 aliphatic carbocycles. The van der Waals surface area contributed by atoms with Crippen molar-refractivity contribution in [1.29, 1.82) is 0 Å². The highest BCUT2D eigenvalue weighted by Crippen LogP contribution is 2.25. The average molecular weight is 668 g/mol. The number of pyridine rings is 1. The van der Waals surface area contributed by atoms with Gasteiger partial charge in [-0.2, -0.15) is 11.8 Å². The van der Waals surface area contributed by atoms with Crippen LogP contribution in [0.15, 0.2) is 67.0 Å². The number of hydrogen-bond donors (Lipinski definition) is 4. The molecule has 13 heteroatoms. The third-order valence-corrected chi connectivity index (χ3v) is 8.89. The summed E-state index contributed by atoms with van der Waals surface area (Å²) in [5.74, 6) is -0.602. The van der Waals surface area contributed by atoms with Crippen molar-refractivity contribution in [1.82, 2.24) is 25.8 Å². The van der Waals surface area contributed by atoms with Crippen molar-refractivity contribution in [3.63, 3.8) is 0 Å². The summed E-state index contributed by atoms with van der Waals surface area (Å²) >= 11 is 2.78. The molecule has 2 heterocycles. The van der Waals surface area contributed by atoms with E-state index in [0.29, 0.717) is 11.5 Å². The Balaban J connectivity index is 1.46. The quantitative estimate of drug-likeness (QED) is 0.216. The van der Waals surface area contributed by atoms with E-state index in [1.54, 1.807) is 36.8 Å². The monoisotopic (exact) mass is 667 g/mol. The van der Waals surface area contributed by atoms with Crippen LogP contribution in [0.4, 0.5) is 0 Å². The lowest BCUT2D eigenvalue weighted by Crippen LogP contribution is -2.59. The SMILES string of the molecule is CSC[C@H](NC(=O)COc1cccc2cnccc12)C(=O)NC(Cc1ccccc1)C(O)C(=O)N1CSC[C@H]1C(=O)NC(C)(C)C. The molecule has 11 nitrogen and oxygen atoms in total. The topological polar surface area (TPSA) is 150 Å². The molecule has 4 amide bonds. The highest BCUT2D eigenvalue weighted by Gasteiger charge is 2.41. The second-order valence-electron chi connectivity index (χ2n) is 12.0. The van der Waals surface area contributed by atoms with Gasteiger partial charge < -0.3 is 30.7 Å². The van der Waals surface area contributed by atoms with Gasteiger partial charge in [-0.15, -0.1) is 11.8 Å². The van der Waals surface area contributed by atoms with Gasteiger partial charge in [0.2, 0.25) is 11.8 Å². The number of amides is 4. The number of nitrogens with zero attached hydrogens (tertiary/aromatic N) is 2. The number of fused-ring (bicyclic) bond motifs is 1. The molecule has 2 unspecified atom stereocenters. The lowest BCUT2D eigenvalue weighted by Gasteiger charge is -2.32. The van der Waals surface area contributed by atoms with Crippen LogP contribution in [0, 0.1) is 0 Å². The van der Waals surface area contributed by atoms with E-state index in [1.165, 1.54) is 28.4 Å². The van der Waals surface area contributed by atoms with Crippen molar-refractivity contribution in [2.75, 3.05) is 30.2 Å². The third-order valence-electron chi connectivity index (χ3n) is 7.21. The summed E-state index contributed by atoms with van der Waals surface area (Å²) < 4.78 is 5.78. The fraction of sp³-hybridized carbons (Fsp3) is 0.424. The molecule has 0 radical (unpaired) electrons. The second kappa shape index (κ2) is 16.1. The molecule has 0 bridgehead atoms. The number of aliphatic hydroxyl groups is 1. The fourth-order valence-electron chi connectivity index (χ4n) is 5.01. The number of aliphatic hydroxyl groups excluding tert-OH is 1. The number of nitrogens with one attached hydrogen (secondary N) is 3. The van der Waals surface area contributed by atoms with Crippen molar-refractivity contribution in [2.45, 2.75) is 57.0 Å². The van der Waals surface area contributed by atoms with Crippen LogP contribution < -0.4 is 20.7 Å². The van der Waals surface area contributed by atoms with Crippen LogP contribution in [0.5, 0.6) is 5.75 Å². The summed E-state index contributed by atoms with van der Waals surface area (Å²) in [5.41, 5.74) is 0.303. The maximum absolute atomic E-state index is 13.7. The lowest BCUT2D eigenvalue weighted by molar-refractivity contribution is -0.147. The summed E-state index contributed by atoms with van der Waals surface area (Å²) in [5, 5.41) is 21.5. The minimum absolute atomic E-state index is 0.151. The van der Waals surface area contributed by atoms with Crippen LogP contribution in [0.25, 0.3) is 10.8 Å². The van der Waals surface area contributed by atoms with Gasteiger partial charge in [-0.3, -0.25) is 24.2 Å². The third kappa shape index (κ3) is 9.60. The van der Waals surface area contributed by atoms with Gasteiger partial charge in [0.1, 0.15) is 17.8 Å². The molecular formula is C33H41N5O6S2. The van der Waals surface area contributed by atoms with Gasteiger partial charge in [0, 0.05) is 40.2 Å². The molecule has 4 N–H and O–H groups in total. The molecular weight excluding hydrogens is 627 g/mol. The standard InChI is InChI=1S/C33H41N5O6S2/c1-33(2,3)37-31(42)26-19-46-20-38(26)32(43)29(40)24(15-21-9-6-5-7-10-21)36-30(41)25(18-45-4)35-28(39)17-44-27-12-8-11-22-16-34-14-13-23(22)27/h5-14,16,24-26,29,40H,15,17-20H2,1-4H3,(H,35,39)(H,36,41)(H,37,42)/t24?,25-,26-,29?/m0/s1. The van der Waals surface area contributed by atoms with E-state index in [9.17, 15) is 24.3 Å². The van der Waals surface area contributed by atoms with Gasteiger partial charge in [0.25, 0.3) is 11.8 Å². The first-order valence-electron chi connectivity index (χ1n) is 14.9. The molecule has 1 saturated heterocycles. The zero-order valence-corrected chi connectivity index (χ0v) is 28.0. The first-order valence-corrected chi connectivity index (χ1v) is 17.5. The molecule has 2 aromatic carbocycles. The summed E-state index contributed by atoms with van der Waals surface area (Å²) in [4.78, 5) is 58.7. The maximum atomic E-state index is 13.7. The van der Waals surface area contributed by atoms with Crippen LogP contribution in [0.2, 0.25) is 0 Å². The first-order chi connectivity index (χ1) is 22.0. The molecule has 4 atom stereocenters. The summed E-state index contributed by atoms with van der Waals surface area (Å²) in [6.07, 6.45) is 3.67. The summed E-state index contributed by atoms with van der Waals surface area (Å²) in [6.45, 7) is 5.25. The molecule has 4 rings (SSSR count). The number of hydrogen-bond acceptors (Lipinski definition) is 9. The number of rotatable bonds is 13. The number of ether oxygens (including phenoxy) is 1. The smallest absolute Gasteiger partial charge is 0.258 e. The molecule has 1 aliphatic rings.